The molecule has 6 nitrogen and oxygen atoms in total. The van der Waals surface area contributed by atoms with Gasteiger partial charge in [-0.2, -0.15) is 0 Å². The quantitative estimate of drug-likeness (QED) is 0.934. The van der Waals surface area contributed by atoms with Crippen LogP contribution in [-0.2, 0) is 16.6 Å². The summed E-state index contributed by atoms with van der Waals surface area (Å²) in [5.41, 5.74) is 2.85. The molecule has 122 valence electrons. The van der Waals surface area contributed by atoms with Gasteiger partial charge in [0.05, 0.1) is 5.69 Å². The number of nitrogens with zero attached hydrogens (tertiary/aromatic N) is 2. The number of carbonyl (C=O) groups is 1. The lowest BCUT2D eigenvalue weighted by atomic mass is 10.1. The van der Waals surface area contributed by atoms with E-state index in [1.165, 1.54) is 12.3 Å². The Morgan fingerprint density at radius 1 is 1.17 bits per heavy atom. The maximum atomic E-state index is 12.6. The highest BCUT2D eigenvalue weighted by Crippen LogP contribution is 2.24. The highest BCUT2D eigenvalue weighted by molar-refractivity contribution is 7.92. The van der Waals surface area contributed by atoms with Crippen molar-refractivity contribution in [2.24, 2.45) is 0 Å². The number of fused-ring (bicyclic) bond motifs is 1. The molecule has 1 amide bonds. The maximum absolute atomic E-state index is 12.6. The zero-order valence-corrected chi connectivity index (χ0v) is 14.1. The fourth-order valence-electron chi connectivity index (χ4n) is 2.61. The molecule has 0 fully saturated rings. The number of carbonyl (C=O) groups excluding carboxylic acids is 1. The molecular weight excluding hydrogens is 314 g/mol. The van der Waals surface area contributed by atoms with Gasteiger partial charge in [-0.1, -0.05) is 12.1 Å². The van der Waals surface area contributed by atoms with E-state index < -0.39 is 10.0 Å². The van der Waals surface area contributed by atoms with Gasteiger partial charge in [0.1, 0.15) is 10.6 Å². The van der Waals surface area contributed by atoms with Crippen molar-refractivity contribution in [1.29, 1.82) is 0 Å². The number of aryl methyl sites for hydroxylation is 1. The smallest absolute Gasteiger partial charge is 0.270 e. The number of hydrogen-bond donors (Lipinski definition) is 1. The number of hydrogen-bond acceptors (Lipinski definition) is 3. The summed E-state index contributed by atoms with van der Waals surface area (Å²) in [5.74, 6) is -0.163. The molecule has 1 aromatic heterocycles. The summed E-state index contributed by atoms with van der Waals surface area (Å²) in [6, 6.07) is 6.91. The van der Waals surface area contributed by atoms with E-state index in [9.17, 15) is 13.2 Å². The lowest BCUT2D eigenvalue weighted by Crippen LogP contribution is -2.36. The van der Waals surface area contributed by atoms with Crippen molar-refractivity contribution in [3.05, 3.63) is 47.3 Å². The molecule has 2 aromatic rings. The molecule has 0 bridgehead atoms. The fourth-order valence-corrected chi connectivity index (χ4v) is 3.78. The van der Waals surface area contributed by atoms with E-state index in [4.69, 9.17) is 0 Å². The Balaban J connectivity index is 1.97. The molecule has 0 aliphatic carbocycles. The first-order valence-corrected chi connectivity index (χ1v) is 8.82. The molecule has 1 N–H and O–H groups in total. The summed E-state index contributed by atoms with van der Waals surface area (Å²) in [6.45, 7) is 4.97. The van der Waals surface area contributed by atoms with Gasteiger partial charge in [0.15, 0.2) is 0 Å². The average molecular weight is 333 g/mol. The number of benzene rings is 1. The van der Waals surface area contributed by atoms with E-state index in [1.54, 1.807) is 22.6 Å². The zero-order chi connectivity index (χ0) is 16.8. The second kappa shape index (κ2) is 5.42. The first-order chi connectivity index (χ1) is 10.8. The minimum Gasteiger partial charge on any atom is -0.340 e. The number of rotatable bonds is 3. The normalized spacial score (nSPS) is 14.7. The van der Waals surface area contributed by atoms with E-state index >= 15 is 0 Å². The van der Waals surface area contributed by atoms with E-state index in [-0.39, 0.29) is 10.8 Å². The summed E-state index contributed by atoms with van der Waals surface area (Å²) >= 11 is 0. The standard InChI is InChI=1S/C16H19N3O3S/c1-11-5-4-6-14(12(11)2)17-23(21,22)13-9-15-16(20)18(3)7-8-19(15)10-13/h4-6,9-10,17H,7-8H2,1-3H3. The number of anilines is 1. The number of nitrogens with one attached hydrogen (secondary N) is 1. The van der Waals surface area contributed by atoms with Crippen LogP contribution in [0.25, 0.3) is 0 Å². The van der Waals surface area contributed by atoms with Gasteiger partial charge in [0.2, 0.25) is 0 Å². The van der Waals surface area contributed by atoms with E-state index in [0.29, 0.717) is 24.5 Å². The van der Waals surface area contributed by atoms with Gasteiger partial charge in [-0.15, -0.1) is 0 Å². The van der Waals surface area contributed by atoms with Gasteiger partial charge in [-0.05, 0) is 37.1 Å². The van der Waals surface area contributed by atoms with Crippen LogP contribution in [-0.4, -0.2) is 37.4 Å². The van der Waals surface area contributed by atoms with Crippen molar-refractivity contribution in [3.63, 3.8) is 0 Å². The Kier molecular flexibility index (Phi) is 3.68. The number of sulfonamides is 1. The monoisotopic (exact) mass is 333 g/mol. The largest absolute Gasteiger partial charge is 0.340 e. The maximum Gasteiger partial charge on any atom is 0.270 e. The Bertz CT molecular complexity index is 884. The van der Waals surface area contributed by atoms with Crippen LogP contribution in [0.3, 0.4) is 0 Å². The van der Waals surface area contributed by atoms with E-state index in [2.05, 4.69) is 4.72 Å². The summed E-state index contributed by atoms with van der Waals surface area (Å²) < 4.78 is 29.6. The van der Waals surface area contributed by atoms with Crippen LogP contribution >= 0.6 is 0 Å². The molecule has 1 aliphatic heterocycles. The van der Waals surface area contributed by atoms with Gasteiger partial charge in [0, 0.05) is 26.3 Å². The predicted octanol–water partition coefficient (Wildman–Crippen LogP) is 1.99. The third-order valence-electron chi connectivity index (χ3n) is 4.27. The molecule has 0 unspecified atom stereocenters. The number of amides is 1. The van der Waals surface area contributed by atoms with Crippen LogP contribution < -0.4 is 4.72 Å². The minimum absolute atomic E-state index is 0.108. The van der Waals surface area contributed by atoms with Gasteiger partial charge in [-0.3, -0.25) is 9.52 Å². The minimum atomic E-state index is -3.73. The molecular formula is C16H19N3O3S. The molecule has 3 rings (SSSR count). The van der Waals surface area contributed by atoms with Crippen molar-refractivity contribution in [2.75, 3.05) is 18.3 Å². The number of likely N-dealkylation sites (N-methyl/N-ethyl adjacent to an activating group) is 1. The predicted molar refractivity (Wildman–Crippen MR) is 88.1 cm³/mol. The van der Waals surface area contributed by atoms with Gasteiger partial charge < -0.3 is 9.47 Å². The van der Waals surface area contributed by atoms with Gasteiger partial charge in [0.25, 0.3) is 15.9 Å². The Morgan fingerprint density at radius 3 is 2.65 bits per heavy atom. The zero-order valence-electron chi connectivity index (χ0n) is 13.3. The summed E-state index contributed by atoms with van der Waals surface area (Å²) in [4.78, 5) is 13.8. The second-order valence-electron chi connectivity index (χ2n) is 5.83. The van der Waals surface area contributed by atoms with Crippen LogP contribution in [0.5, 0.6) is 0 Å². The third-order valence-corrected chi connectivity index (χ3v) is 5.61. The van der Waals surface area contributed by atoms with Crippen LogP contribution in [0.2, 0.25) is 0 Å². The Hall–Kier alpha value is -2.28. The molecule has 0 radical (unpaired) electrons. The first-order valence-electron chi connectivity index (χ1n) is 7.34. The molecule has 23 heavy (non-hydrogen) atoms. The highest BCUT2D eigenvalue weighted by Gasteiger charge is 2.26. The summed E-state index contributed by atoms with van der Waals surface area (Å²) in [7, 11) is -2.02. The van der Waals surface area contributed by atoms with Crippen molar-refractivity contribution in [2.45, 2.75) is 25.3 Å². The van der Waals surface area contributed by atoms with Gasteiger partial charge in [-0.25, -0.2) is 8.42 Å². The second-order valence-corrected chi connectivity index (χ2v) is 7.52. The van der Waals surface area contributed by atoms with Crippen LogP contribution in [0.4, 0.5) is 5.69 Å². The molecule has 0 saturated carbocycles. The van der Waals surface area contributed by atoms with Crippen LogP contribution in [0.1, 0.15) is 21.6 Å². The fraction of sp³-hybridized carbons (Fsp3) is 0.312. The molecule has 1 aromatic carbocycles. The third kappa shape index (κ3) is 2.72. The number of aromatic nitrogens is 1. The molecule has 0 spiro atoms. The first kappa shape index (κ1) is 15.6. The van der Waals surface area contributed by atoms with Gasteiger partial charge >= 0.3 is 0 Å². The SMILES string of the molecule is Cc1cccc(NS(=O)(=O)c2cc3n(c2)CCN(C)C3=O)c1C. The van der Waals surface area contributed by atoms with Crippen molar-refractivity contribution < 1.29 is 13.2 Å². The molecule has 2 heterocycles. The van der Waals surface area contributed by atoms with E-state index in [0.717, 1.165) is 11.1 Å². The van der Waals surface area contributed by atoms with E-state index in [1.807, 2.05) is 26.0 Å². The van der Waals surface area contributed by atoms with Crippen LogP contribution in [0, 0.1) is 13.8 Å². The van der Waals surface area contributed by atoms with Crippen molar-refractivity contribution in [3.8, 4) is 0 Å². The van der Waals surface area contributed by atoms with Crippen LogP contribution in [0.15, 0.2) is 35.4 Å². The molecule has 0 saturated heterocycles. The Morgan fingerprint density at radius 2 is 1.91 bits per heavy atom. The molecule has 7 heteroatoms. The Labute approximate surface area is 135 Å². The summed E-state index contributed by atoms with van der Waals surface area (Å²) in [6.07, 6.45) is 1.52. The topological polar surface area (TPSA) is 71.4 Å². The van der Waals surface area contributed by atoms with Crippen molar-refractivity contribution in [1.82, 2.24) is 9.47 Å². The average Bonchev–Trinajstić information content (AvgIpc) is 2.94. The van der Waals surface area contributed by atoms with Crippen molar-refractivity contribution >= 4 is 21.6 Å². The molecule has 0 atom stereocenters. The lowest BCUT2D eigenvalue weighted by molar-refractivity contribution is 0.0749. The summed E-state index contributed by atoms with van der Waals surface area (Å²) in [5, 5.41) is 0. The molecule has 1 aliphatic rings. The highest BCUT2D eigenvalue weighted by atomic mass is 32.2. The lowest BCUT2D eigenvalue weighted by Gasteiger charge is -2.23.